The Labute approximate surface area is 72.7 Å². The fourth-order valence-electron chi connectivity index (χ4n) is 0.924. The SMILES string of the molecule is CC/C=C\C(=O)c1ccccc1. The van der Waals surface area contributed by atoms with E-state index in [1.807, 2.05) is 43.3 Å². The van der Waals surface area contributed by atoms with Gasteiger partial charge in [-0.25, -0.2) is 0 Å². The van der Waals surface area contributed by atoms with Crippen LogP contribution >= 0.6 is 0 Å². The van der Waals surface area contributed by atoms with Crippen LogP contribution in [0.2, 0.25) is 0 Å². The highest BCUT2D eigenvalue weighted by molar-refractivity contribution is 6.04. The summed E-state index contributed by atoms with van der Waals surface area (Å²) in [4.78, 5) is 11.3. The standard InChI is InChI=1S/C11H12O/c1-2-3-9-11(12)10-7-5-4-6-8-10/h3-9H,2H2,1H3/b9-3-. The first-order chi connectivity index (χ1) is 5.84. The van der Waals surface area contributed by atoms with Crippen molar-refractivity contribution in [1.29, 1.82) is 0 Å². The maximum atomic E-state index is 11.3. The zero-order valence-electron chi connectivity index (χ0n) is 7.16. The molecule has 0 saturated carbocycles. The molecule has 0 fully saturated rings. The summed E-state index contributed by atoms with van der Waals surface area (Å²) in [5.74, 6) is 0.0810. The Balaban J connectivity index is 2.72. The Morgan fingerprint density at radius 3 is 2.58 bits per heavy atom. The van der Waals surface area contributed by atoms with Crippen LogP contribution in [0, 0.1) is 0 Å². The molecule has 62 valence electrons. The van der Waals surface area contributed by atoms with Crippen LogP contribution in [0.4, 0.5) is 0 Å². The van der Waals surface area contributed by atoms with Crippen LogP contribution in [0.3, 0.4) is 0 Å². The van der Waals surface area contributed by atoms with E-state index in [1.54, 1.807) is 6.08 Å². The Kier molecular flexibility index (Phi) is 3.27. The predicted molar refractivity (Wildman–Crippen MR) is 50.2 cm³/mol. The lowest BCUT2D eigenvalue weighted by atomic mass is 10.1. The van der Waals surface area contributed by atoms with E-state index >= 15 is 0 Å². The number of carbonyl (C=O) groups excluding carboxylic acids is 1. The smallest absolute Gasteiger partial charge is 0.185 e. The van der Waals surface area contributed by atoms with Gasteiger partial charge in [0.25, 0.3) is 0 Å². The zero-order chi connectivity index (χ0) is 8.81. The quantitative estimate of drug-likeness (QED) is 0.491. The average Bonchev–Trinajstić information content (AvgIpc) is 2.15. The highest BCUT2D eigenvalue weighted by atomic mass is 16.1. The van der Waals surface area contributed by atoms with Crippen LogP contribution in [0.15, 0.2) is 42.5 Å². The first-order valence-electron chi connectivity index (χ1n) is 4.10. The Morgan fingerprint density at radius 2 is 2.00 bits per heavy atom. The van der Waals surface area contributed by atoms with Gasteiger partial charge in [0, 0.05) is 5.56 Å². The summed E-state index contributed by atoms with van der Waals surface area (Å²) >= 11 is 0. The number of benzene rings is 1. The number of hydrogen-bond donors (Lipinski definition) is 0. The molecule has 0 bridgehead atoms. The summed E-state index contributed by atoms with van der Waals surface area (Å²) in [6, 6.07) is 9.28. The maximum Gasteiger partial charge on any atom is 0.185 e. The summed E-state index contributed by atoms with van der Waals surface area (Å²) in [7, 11) is 0. The minimum atomic E-state index is 0.0810. The minimum Gasteiger partial charge on any atom is -0.289 e. The summed E-state index contributed by atoms with van der Waals surface area (Å²) in [5, 5.41) is 0. The van der Waals surface area contributed by atoms with E-state index in [9.17, 15) is 4.79 Å². The molecule has 1 aromatic carbocycles. The number of rotatable bonds is 3. The number of carbonyl (C=O) groups is 1. The van der Waals surface area contributed by atoms with Crippen LogP contribution < -0.4 is 0 Å². The van der Waals surface area contributed by atoms with E-state index in [-0.39, 0.29) is 5.78 Å². The average molecular weight is 160 g/mol. The van der Waals surface area contributed by atoms with Gasteiger partial charge < -0.3 is 0 Å². The first-order valence-corrected chi connectivity index (χ1v) is 4.10. The van der Waals surface area contributed by atoms with Gasteiger partial charge in [0.1, 0.15) is 0 Å². The molecule has 0 aliphatic heterocycles. The molecule has 0 radical (unpaired) electrons. The minimum absolute atomic E-state index is 0.0810. The fraction of sp³-hybridized carbons (Fsp3) is 0.182. The lowest BCUT2D eigenvalue weighted by molar-refractivity contribution is 0.104. The third-order valence-electron chi connectivity index (χ3n) is 1.56. The van der Waals surface area contributed by atoms with E-state index in [0.29, 0.717) is 0 Å². The predicted octanol–water partition coefficient (Wildman–Crippen LogP) is 2.84. The second-order valence-corrected chi connectivity index (χ2v) is 2.54. The molecule has 0 aliphatic carbocycles. The Hall–Kier alpha value is -1.37. The van der Waals surface area contributed by atoms with Crippen molar-refractivity contribution in [3.8, 4) is 0 Å². The van der Waals surface area contributed by atoms with E-state index in [4.69, 9.17) is 0 Å². The van der Waals surface area contributed by atoms with Gasteiger partial charge in [-0.2, -0.15) is 0 Å². The molecular weight excluding hydrogens is 148 g/mol. The van der Waals surface area contributed by atoms with E-state index < -0.39 is 0 Å². The summed E-state index contributed by atoms with van der Waals surface area (Å²) in [6.45, 7) is 2.01. The van der Waals surface area contributed by atoms with Crippen molar-refractivity contribution in [3.05, 3.63) is 48.0 Å². The molecule has 1 nitrogen and oxygen atoms in total. The maximum absolute atomic E-state index is 11.3. The fourth-order valence-corrected chi connectivity index (χ4v) is 0.924. The third kappa shape index (κ3) is 2.35. The van der Waals surface area contributed by atoms with Crippen LogP contribution in [-0.2, 0) is 0 Å². The van der Waals surface area contributed by atoms with Gasteiger partial charge in [0.05, 0.1) is 0 Å². The molecule has 0 N–H and O–H groups in total. The first kappa shape index (κ1) is 8.72. The second kappa shape index (κ2) is 4.50. The van der Waals surface area contributed by atoms with Crippen LogP contribution in [-0.4, -0.2) is 5.78 Å². The molecule has 1 aromatic rings. The molecule has 0 aromatic heterocycles. The molecule has 0 unspecified atom stereocenters. The number of ketones is 1. The summed E-state index contributed by atoms with van der Waals surface area (Å²) in [6.07, 6.45) is 4.39. The summed E-state index contributed by atoms with van der Waals surface area (Å²) < 4.78 is 0. The zero-order valence-corrected chi connectivity index (χ0v) is 7.16. The Bertz CT molecular complexity index is 272. The van der Waals surface area contributed by atoms with Crippen molar-refractivity contribution in [3.63, 3.8) is 0 Å². The van der Waals surface area contributed by atoms with Gasteiger partial charge in [0.15, 0.2) is 5.78 Å². The van der Waals surface area contributed by atoms with Crippen LogP contribution in [0.5, 0.6) is 0 Å². The topological polar surface area (TPSA) is 17.1 Å². The van der Waals surface area contributed by atoms with Crippen molar-refractivity contribution in [2.45, 2.75) is 13.3 Å². The van der Waals surface area contributed by atoms with Gasteiger partial charge >= 0.3 is 0 Å². The Morgan fingerprint density at radius 1 is 1.33 bits per heavy atom. The van der Waals surface area contributed by atoms with Crippen LogP contribution in [0.25, 0.3) is 0 Å². The number of allylic oxidation sites excluding steroid dienone is 2. The van der Waals surface area contributed by atoms with Crippen molar-refractivity contribution in [2.75, 3.05) is 0 Å². The highest BCUT2D eigenvalue weighted by Crippen LogP contribution is 2.00. The van der Waals surface area contributed by atoms with Gasteiger partial charge in [-0.15, -0.1) is 0 Å². The van der Waals surface area contributed by atoms with Crippen LogP contribution in [0.1, 0.15) is 23.7 Å². The van der Waals surface area contributed by atoms with Crippen molar-refractivity contribution in [1.82, 2.24) is 0 Å². The van der Waals surface area contributed by atoms with Crippen molar-refractivity contribution in [2.24, 2.45) is 0 Å². The van der Waals surface area contributed by atoms with E-state index in [2.05, 4.69) is 0 Å². The lowest BCUT2D eigenvalue weighted by Crippen LogP contribution is -1.92. The largest absolute Gasteiger partial charge is 0.289 e. The highest BCUT2D eigenvalue weighted by Gasteiger charge is 1.97. The van der Waals surface area contributed by atoms with Gasteiger partial charge in [-0.3, -0.25) is 4.79 Å². The van der Waals surface area contributed by atoms with E-state index in [1.165, 1.54) is 0 Å². The number of hydrogen-bond acceptors (Lipinski definition) is 1. The molecule has 0 heterocycles. The van der Waals surface area contributed by atoms with Gasteiger partial charge in [-0.05, 0) is 12.5 Å². The summed E-state index contributed by atoms with van der Waals surface area (Å²) in [5.41, 5.74) is 0.752. The molecule has 0 amide bonds. The second-order valence-electron chi connectivity index (χ2n) is 2.54. The molecule has 12 heavy (non-hydrogen) atoms. The monoisotopic (exact) mass is 160 g/mol. The molecule has 0 saturated heterocycles. The molecule has 0 spiro atoms. The van der Waals surface area contributed by atoms with Crippen molar-refractivity contribution >= 4 is 5.78 Å². The van der Waals surface area contributed by atoms with E-state index in [0.717, 1.165) is 12.0 Å². The molecule has 0 aliphatic rings. The normalized spacial score (nSPS) is 10.4. The van der Waals surface area contributed by atoms with Crippen molar-refractivity contribution < 1.29 is 4.79 Å². The third-order valence-corrected chi connectivity index (χ3v) is 1.56. The van der Waals surface area contributed by atoms with Gasteiger partial charge in [-0.1, -0.05) is 43.3 Å². The molecular formula is C11H12O. The van der Waals surface area contributed by atoms with Gasteiger partial charge in [0.2, 0.25) is 0 Å². The lowest BCUT2D eigenvalue weighted by Gasteiger charge is -1.92. The molecule has 0 atom stereocenters. The molecule has 1 rings (SSSR count). The molecule has 1 heteroatoms.